The predicted octanol–water partition coefficient (Wildman–Crippen LogP) is 3.12. The number of pyridine rings is 1. The van der Waals surface area contributed by atoms with E-state index in [1.54, 1.807) is 31.6 Å². The molecule has 0 aliphatic carbocycles. The number of aromatic nitrogens is 1. The van der Waals surface area contributed by atoms with Gasteiger partial charge in [0, 0.05) is 44.6 Å². The fraction of sp³-hybridized carbons (Fsp3) is 0.455. The first-order valence-electron chi connectivity index (χ1n) is 9.67. The van der Waals surface area contributed by atoms with E-state index in [9.17, 15) is 4.79 Å². The number of nitrogens with zero attached hydrogens (tertiary/aromatic N) is 3. The number of likely N-dealkylation sites (tertiary alicyclic amines) is 1. The molecule has 1 aromatic carbocycles. The number of hydrogen-bond acceptors (Lipinski definition) is 4. The van der Waals surface area contributed by atoms with E-state index < -0.39 is 0 Å². The lowest BCUT2D eigenvalue weighted by Crippen LogP contribution is -2.42. The van der Waals surface area contributed by atoms with Crippen LogP contribution in [0.1, 0.15) is 28.8 Å². The Morgan fingerprint density at radius 2 is 2.04 bits per heavy atom. The molecule has 3 rings (SSSR count). The largest absolute Gasteiger partial charge is 0.496 e. The van der Waals surface area contributed by atoms with Crippen molar-refractivity contribution in [2.75, 3.05) is 40.3 Å². The lowest BCUT2D eigenvalue weighted by molar-refractivity contribution is 0.0730. The lowest BCUT2D eigenvalue weighted by Gasteiger charge is -2.34. The first-order chi connectivity index (χ1) is 13.2. The Bertz CT molecular complexity index is 735. The molecule has 1 saturated heterocycles. The number of carbonyl (C=O) groups excluding carboxylic acids is 1. The van der Waals surface area contributed by atoms with Gasteiger partial charge in [-0.15, -0.1) is 0 Å². The van der Waals surface area contributed by atoms with Crippen molar-refractivity contribution in [2.24, 2.45) is 5.92 Å². The second-order valence-corrected chi connectivity index (χ2v) is 7.29. The fourth-order valence-corrected chi connectivity index (χ4v) is 3.88. The van der Waals surface area contributed by atoms with Crippen LogP contribution in [0.4, 0.5) is 0 Å². The topological polar surface area (TPSA) is 45.7 Å². The summed E-state index contributed by atoms with van der Waals surface area (Å²) in [4.78, 5) is 20.9. The monoisotopic (exact) mass is 367 g/mol. The van der Waals surface area contributed by atoms with Crippen LogP contribution in [0.5, 0.6) is 5.75 Å². The van der Waals surface area contributed by atoms with Gasteiger partial charge < -0.3 is 14.5 Å². The highest BCUT2D eigenvalue weighted by Gasteiger charge is 2.23. The average molecular weight is 367 g/mol. The molecule has 2 heterocycles. The van der Waals surface area contributed by atoms with Gasteiger partial charge in [-0.3, -0.25) is 9.78 Å². The molecule has 27 heavy (non-hydrogen) atoms. The van der Waals surface area contributed by atoms with E-state index >= 15 is 0 Å². The molecule has 0 N–H and O–H groups in total. The van der Waals surface area contributed by atoms with Crippen molar-refractivity contribution in [1.82, 2.24) is 14.8 Å². The summed E-state index contributed by atoms with van der Waals surface area (Å²) in [6, 6.07) is 11.8. The van der Waals surface area contributed by atoms with Crippen molar-refractivity contribution in [3.8, 4) is 5.75 Å². The van der Waals surface area contributed by atoms with Crippen molar-refractivity contribution < 1.29 is 9.53 Å². The van der Waals surface area contributed by atoms with Gasteiger partial charge in [-0.2, -0.15) is 0 Å². The lowest BCUT2D eigenvalue weighted by atomic mass is 9.96. The highest BCUT2D eigenvalue weighted by atomic mass is 16.5. The summed E-state index contributed by atoms with van der Waals surface area (Å²) in [6.45, 7) is 4.00. The van der Waals surface area contributed by atoms with Gasteiger partial charge in [-0.1, -0.05) is 18.2 Å². The molecule has 1 aliphatic heterocycles. The molecule has 0 spiro atoms. The van der Waals surface area contributed by atoms with E-state index in [1.165, 1.54) is 18.4 Å². The maximum Gasteiger partial charge on any atom is 0.253 e. The molecule has 2 aromatic rings. The maximum atomic E-state index is 12.6. The Kier molecular flexibility index (Phi) is 6.82. The van der Waals surface area contributed by atoms with Crippen LogP contribution >= 0.6 is 0 Å². The molecule has 1 aromatic heterocycles. The molecule has 0 bridgehead atoms. The number of benzene rings is 1. The second kappa shape index (κ2) is 9.51. The van der Waals surface area contributed by atoms with E-state index in [4.69, 9.17) is 4.74 Å². The molecular formula is C22H29N3O2. The third-order valence-electron chi connectivity index (χ3n) is 5.30. The Hall–Kier alpha value is -2.40. The van der Waals surface area contributed by atoms with Gasteiger partial charge in [-0.05, 0) is 55.5 Å². The minimum absolute atomic E-state index is 0.0727. The maximum absolute atomic E-state index is 12.6. The van der Waals surface area contributed by atoms with E-state index in [0.717, 1.165) is 38.3 Å². The molecule has 1 fully saturated rings. The molecular weight excluding hydrogens is 338 g/mol. The minimum atomic E-state index is 0.0727. The number of rotatable bonds is 7. The molecule has 1 aliphatic rings. The number of para-hydroxylation sites is 1. The van der Waals surface area contributed by atoms with Gasteiger partial charge in [0.05, 0.1) is 7.11 Å². The number of piperidine rings is 1. The zero-order chi connectivity index (χ0) is 19.1. The Balaban J connectivity index is 1.51. The van der Waals surface area contributed by atoms with Crippen molar-refractivity contribution in [3.63, 3.8) is 0 Å². The van der Waals surface area contributed by atoms with Crippen molar-refractivity contribution in [3.05, 3.63) is 59.9 Å². The Labute approximate surface area is 162 Å². The summed E-state index contributed by atoms with van der Waals surface area (Å²) in [5.41, 5.74) is 1.96. The Morgan fingerprint density at radius 3 is 2.81 bits per heavy atom. The normalized spacial score (nSPS) is 17.5. The molecule has 0 saturated carbocycles. The molecule has 0 radical (unpaired) electrons. The average Bonchev–Trinajstić information content (AvgIpc) is 2.72. The van der Waals surface area contributed by atoms with Crippen LogP contribution < -0.4 is 4.74 Å². The van der Waals surface area contributed by atoms with E-state index in [2.05, 4.69) is 22.0 Å². The van der Waals surface area contributed by atoms with Crippen molar-refractivity contribution in [2.45, 2.75) is 19.3 Å². The summed E-state index contributed by atoms with van der Waals surface area (Å²) < 4.78 is 5.46. The third kappa shape index (κ3) is 5.30. The third-order valence-corrected chi connectivity index (χ3v) is 5.30. The predicted molar refractivity (Wildman–Crippen MR) is 107 cm³/mol. The SMILES string of the molecule is COc1ccccc1CCN1CCC[C@@H](CN(C)C(=O)c2ccncc2)C1. The van der Waals surface area contributed by atoms with Crippen LogP contribution in [0.2, 0.25) is 0 Å². The highest BCUT2D eigenvalue weighted by molar-refractivity contribution is 5.93. The first kappa shape index (κ1) is 19.4. The van der Waals surface area contributed by atoms with Gasteiger partial charge in [0.25, 0.3) is 5.91 Å². The smallest absolute Gasteiger partial charge is 0.253 e. The number of amides is 1. The van der Waals surface area contributed by atoms with Crippen LogP contribution in [0.15, 0.2) is 48.8 Å². The second-order valence-electron chi connectivity index (χ2n) is 7.29. The quantitative estimate of drug-likeness (QED) is 0.754. The number of ether oxygens (including phenoxy) is 1. The van der Waals surface area contributed by atoms with Crippen LogP contribution in [0.25, 0.3) is 0 Å². The molecule has 144 valence electrons. The van der Waals surface area contributed by atoms with Gasteiger partial charge in [0.15, 0.2) is 0 Å². The summed E-state index contributed by atoms with van der Waals surface area (Å²) in [7, 11) is 3.63. The highest BCUT2D eigenvalue weighted by Crippen LogP contribution is 2.21. The summed E-state index contributed by atoms with van der Waals surface area (Å²) in [5.74, 6) is 1.56. The minimum Gasteiger partial charge on any atom is -0.496 e. The summed E-state index contributed by atoms with van der Waals surface area (Å²) in [6.07, 6.45) is 6.69. The molecule has 5 heteroatoms. The number of carbonyl (C=O) groups is 1. The zero-order valence-corrected chi connectivity index (χ0v) is 16.3. The molecule has 1 atom stereocenters. The first-order valence-corrected chi connectivity index (χ1v) is 9.67. The molecule has 5 nitrogen and oxygen atoms in total. The van der Waals surface area contributed by atoms with Gasteiger partial charge in [0.1, 0.15) is 5.75 Å². The van der Waals surface area contributed by atoms with E-state index in [-0.39, 0.29) is 5.91 Å². The van der Waals surface area contributed by atoms with Crippen LogP contribution in [0, 0.1) is 5.92 Å². The van der Waals surface area contributed by atoms with E-state index in [0.29, 0.717) is 11.5 Å². The van der Waals surface area contributed by atoms with E-state index in [1.807, 2.05) is 24.1 Å². The van der Waals surface area contributed by atoms with Crippen molar-refractivity contribution in [1.29, 1.82) is 0 Å². The summed E-state index contributed by atoms with van der Waals surface area (Å²) >= 11 is 0. The van der Waals surface area contributed by atoms with Crippen molar-refractivity contribution >= 4 is 5.91 Å². The summed E-state index contributed by atoms with van der Waals surface area (Å²) in [5, 5.41) is 0. The molecule has 1 amide bonds. The van der Waals surface area contributed by atoms with Gasteiger partial charge in [0.2, 0.25) is 0 Å². The zero-order valence-electron chi connectivity index (χ0n) is 16.3. The van der Waals surface area contributed by atoms with Crippen LogP contribution in [-0.2, 0) is 6.42 Å². The number of methoxy groups -OCH3 is 1. The van der Waals surface area contributed by atoms with Crippen LogP contribution in [-0.4, -0.2) is 61.0 Å². The number of hydrogen-bond donors (Lipinski definition) is 0. The van der Waals surface area contributed by atoms with Gasteiger partial charge in [-0.25, -0.2) is 0 Å². The fourth-order valence-electron chi connectivity index (χ4n) is 3.88. The Morgan fingerprint density at radius 1 is 1.26 bits per heavy atom. The molecule has 0 unspecified atom stereocenters. The standard InChI is InChI=1S/C22H29N3O2/c1-24(22(26)20-9-12-23-13-10-20)16-18-6-5-14-25(17-18)15-11-19-7-3-4-8-21(19)27-2/h3-4,7-10,12-13,18H,5-6,11,14-17H2,1-2H3/t18-/m0/s1. The van der Waals surface area contributed by atoms with Gasteiger partial charge >= 0.3 is 0 Å². The van der Waals surface area contributed by atoms with Crippen LogP contribution in [0.3, 0.4) is 0 Å².